The molecular weight excluding hydrogens is 496 g/mol. The first kappa shape index (κ1) is 26.1. The molecule has 0 bridgehead atoms. The molecule has 2 atom stereocenters. The molecule has 10 nitrogen and oxygen atoms in total. The summed E-state index contributed by atoms with van der Waals surface area (Å²) in [5.41, 5.74) is 8.27. The van der Waals surface area contributed by atoms with Crippen molar-refractivity contribution in [1.82, 2.24) is 19.4 Å². The molecule has 1 aliphatic rings. The Bertz CT molecular complexity index is 1600. The Balaban J connectivity index is 1.59. The molecule has 0 spiro atoms. The summed E-state index contributed by atoms with van der Waals surface area (Å²) >= 11 is 0. The second-order valence-corrected chi connectivity index (χ2v) is 10.7. The number of nitrogen functional groups attached to an aromatic ring is 1. The van der Waals surface area contributed by atoms with E-state index in [0.717, 1.165) is 11.4 Å². The van der Waals surface area contributed by atoms with Crippen LogP contribution in [-0.2, 0) is 10.2 Å². The molecule has 1 aliphatic carbocycles. The summed E-state index contributed by atoms with van der Waals surface area (Å²) in [7, 11) is 0. The largest absolute Gasteiger partial charge is 0.493 e. The number of nitrogens with one attached hydrogen (secondary N) is 1. The lowest BCUT2D eigenvalue weighted by Gasteiger charge is -2.25. The first-order valence-electron chi connectivity index (χ1n) is 12.9. The lowest BCUT2D eigenvalue weighted by atomic mass is 9.81. The molecule has 0 radical (unpaired) electrons. The number of fused-ring (bicyclic) bond motifs is 1. The van der Waals surface area contributed by atoms with E-state index in [-0.39, 0.29) is 5.91 Å². The van der Waals surface area contributed by atoms with Gasteiger partial charge in [-0.1, -0.05) is 6.92 Å². The second-order valence-electron chi connectivity index (χ2n) is 10.7. The molecule has 3 heterocycles. The number of ether oxygens (including phenoxy) is 1. The number of aromatic nitrogens is 4. The predicted molar refractivity (Wildman–Crippen MR) is 148 cm³/mol. The SMILES string of the molecule is CCOc1cc(C(=O)Nc2cc(C)ccn2)ccc1-c1nc(C2(C)CCC(C)(C(=O)O)C2)n2ccnc(N)c12. The number of hydrogen-bond acceptors (Lipinski definition) is 7. The zero-order valence-corrected chi connectivity index (χ0v) is 22.5. The number of amides is 1. The van der Waals surface area contributed by atoms with Crippen LogP contribution in [0.3, 0.4) is 0 Å². The number of nitrogens with zero attached hydrogens (tertiary/aromatic N) is 4. The normalized spacial score (nSPS) is 20.7. The lowest BCUT2D eigenvalue weighted by Crippen LogP contribution is -2.29. The van der Waals surface area contributed by atoms with E-state index in [1.165, 1.54) is 0 Å². The van der Waals surface area contributed by atoms with Crippen molar-refractivity contribution in [2.45, 2.75) is 52.4 Å². The molecule has 0 aliphatic heterocycles. The highest BCUT2D eigenvalue weighted by atomic mass is 16.5. The third-order valence-electron chi connectivity index (χ3n) is 7.60. The maximum Gasteiger partial charge on any atom is 0.309 e. The quantitative estimate of drug-likeness (QED) is 0.308. The Morgan fingerprint density at radius 1 is 1.15 bits per heavy atom. The predicted octanol–water partition coefficient (Wildman–Crippen LogP) is 4.87. The van der Waals surface area contributed by atoms with E-state index >= 15 is 0 Å². The first-order chi connectivity index (χ1) is 18.5. The van der Waals surface area contributed by atoms with E-state index in [1.807, 2.05) is 31.2 Å². The van der Waals surface area contributed by atoms with Gasteiger partial charge in [0.1, 0.15) is 34.4 Å². The van der Waals surface area contributed by atoms with Gasteiger partial charge in [-0.15, -0.1) is 0 Å². The van der Waals surface area contributed by atoms with Crippen LogP contribution in [0.4, 0.5) is 11.6 Å². The van der Waals surface area contributed by atoms with Crippen molar-refractivity contribution in [3.8, 4) is 17.0 Å². The Hall–Kier alpha value is -4.47. The molecule has 39 heavy (non-hydrogen) atoms. The topological polar surface area (TPSA) is 145 Å². The van der Waals surface area contributed by atoms with Gasteiger partial charge in [0.05, 0.1) is 12.0 Å². The van der Waals surface area contributed by atoms with Gasteiger partial charge < -0.3 is 20.9 Å². The molecular formula is C29H32N6O4. The number of benzene rings is 1. The average Bonchev–Trinajstić information content (AvgIpc) is 3.44. The van der Waals surface area contributed by atoms with E-state index in [2.05, 4.69) is 15.3 Å². The third-order valence-corrected chi connectivity index (χ3v) is 7.60. The molecule has 2 unspecified atom stereocenters. The van der Waals surface area contributed by atoms with E-state index in [0.29, 0.717) is 65.6 Å². The smallest absolute Gasteiger partial charge is 0.309 e. The summed E-state index contributed by atoms with van der Waals surface area (Å²) in [6.45, 7) is 8.01. The maximum absolute atomic E-state index is 13.0. The summed E-state index contributed by atoms with van der Waals surface area (Å²) in [4.78, 5) is 38.6. The number of imidazole rings is 1. The number of aryl methyl sites for hydroxylation is 1. The van der Waals surface area contributed by atoms with Gasteiger partial charge in [-0.25, -0.2) is 15.0 Å². The molecule has 202 valence electrons. The van der Waals surface area contributed by atoms with Crippen molar-refractivity contribution in [1.29, 1.82) is 0 Å². The van der Waals surface area contributed by atoms with Crippen molar-refractivity contribution < 1.29 is 19.4 Å². The number of carboxylic acid groups (broad SMARTS) is 1. The zero-order valence-electron chi connectivity index (χ0n) is 22.5. The molecule has 1 amide bonds. The van der Waals surface area contributed by atoms with Gasteiger partial charge in [0.2, 0.25) is 0 Å². The minimum atomic E-state index is -0.836. The number of carboxylic acids is 1. The zero-order chi connectivity index (χ0) is 27.9. The van der Waals surface area contributed by atoms with Gasteiger partial charge in [0, 0.05) is 35.1 Å². The molecule has 1 saturated carbocycles. The van der Waals surface area contributed by atoms with Crippen LogP contribution in [0.15, 0.2) is 48.9 Å². The molecule has 1 aromatic carbocycles. The number of hydrogen-bond donors (Lipinski definition) is 3. The van der Waals surface area contributed by atoms with Crippen LogP contribution in [-0.4, -0.2) is 42.9 Å². The van der Waals surface area contributed by atoms with Gasteiger partial charge >= 0.3 is 5.97 Å². The van der Waals surface area contributed by atoms with Crippen LogP contribution >= 0.6 is 0 Å². The molecule has 1 fully saturated rings. The van der Waals surface area contributed by atoms with E-state index in [9.17, 15) is 14.7 Å². The fourth-order valence-corrected chi connectivity index (χ4v) is 5.57. The van der Waals surface area contributed by atoms with Crippen LogP contribution in [0.25, 0.3) is 16.8 Å². The van der Waals surface area contributed by atoms with Crippen LogP contribution in [0.1, 0.15) is 61.8 Å². The van der Waals surface area contributed by atoms with Gasteiger partial charge in [-0.2, -0.15) is 0 Å². The number of carbonyl (C=O) groups excluding carboxylic acids is 1. The Morgan fingerprint density at radius 2 is 1.95 bits per heavy atom. The lowest BCUT2D eigenvalue weighted by molar-refractivity contribution is -0.147. The summed E-state index contributed by atoms with van der Waals surface area (Å²) in [5.74, 6) is 0.836. The van der Waals surface area contributed by atoms with Crippen LogP contribution < -0.4 is 15.8 Å². The fourth-order valence-electron chi connectivity index (χ4n) is 5.57. The van der Waals surface area contributed by atoms with Crippen molar-refractivity contribution in [2.24, 2.45) is 5.41 Å². The van der Waals surface area contributed by atoms with E-state index < -0.39 is 16.8 Å². The van der Waals surface area contributed by atoms with Crippen LogP contribution in [0, 0.1) is 12.3 Å². The number of carbonyl (C=O) groups is 2. The summed E-state index contributed by atoms with van der Waals surface area (Å²) in [5, 5.41) is 12.7. The summed E-state index contributed by atoms with van der Waals surface area (Å²) in [6.07, 6.45) is 6.72. The van der Waals surface area contributed by atoms with Crippen molar-refractivity contribution in [3.05, 3.63) is 65.9 Å². The third kappa shape index (κ3) is 4.67. The molecule has 0 saturated heterocycles. The molecule has 10 heteroatoms. The minimum absolute atomic E-state index is 0.295. The Labute approximate surface area is 226 Å². The minimum Gasteiger partial charge on any atom is -0.493 e. The fraction of sp³-hybridized carbons (Fsp3) is 0.345. The standard InChI is InChI=1S/C29H32N6O4/c1-5-39-20-15-18(25(36)33-21-14-17(2)8-11-31-21)6-7-19(20)22-23-24(30)32-12-13-35(23)26(34-22)28(3)9-10-29(4,16-28)27(37)38/h6-8,11-15H,5,9-10,16H2,1-4H3,(H2,30,32)(H,37,38)(H,31,33,36). The van der Waals surface area contributed by atoms with Gasteiger partial charge in [0.25, 0.3) is 5.91 Å². The highest BCUT2D eigenvalue weighted by Gasteiger charge is 2.50. The number of anilines is 2. The number of nitrogens with two attached hydrogens (primary N) is 1. The highest BCUT2D eigenvalue weighted by Crippen LogP contribution is 2.51. The number of rotatable bonds is 7. The van der Waals surface area contributed by atoms with Crippen molar-refractivity contribution >= 4 is 29.0 Å². The highest BCUT2D eigenvalue weighted by molar-refractivity contribution is 6.04. The number of aliphatic carboxylic acids is 1. The molecule has 3 aromatic heterocycles. The molecule has 5 rings (SSSR count). The van der Waals surface area contributed by atoms with E-state index in [1.54, 1.807) is 49.8 Å². The van der Waals surface area contributed by atoms with Crippen LogP contribution in [0.2, 0.25) is 0 Å². The van der Waals surface area contributed by atoms with Gasteiger partial charge in [-0.3, -0.25) is 14.0 Å². The second kappa shape index (κ2) is 9.68. The molecule has 4 N–H and O–H groups in total. The van der Waals surface area contributed by atoms with E-state index in [4.69, 9.17) is 15.5 Å². The summed E-state index contributed by atoms with van der Waals surface area (Å²) < 4.78 is 7.89. The monoisotopic (exact) mass is 528 g/mol. The number of pyridine rings is 1. The van der Waals surface area contributed by atoms with Gasteiger partial charge in [0.15, 0.2) is 0 Å². The van der Waals surface area contributed by atoms with Crippen LogP contribution in [0.5, 0.6) is 5.75 Å². The Kier molecular flexibility index (Phi) is 6.49. The molecule has 4 aromatic rings. The first-order valence-corrected chi connectivity index (χ1v) is 12.9. The van der Waals surface area contributed by atoms with Gasteiger partial charge in [-0.05, 0) is 75.9 Å². The van der Waals surface area contributed by atoms with Crippen molar-refractivity contribution in [2.75, 3.05) is 17.7 Å². The summed E-state index contributed by atoms with van der Waals surface area (Å²) in [6, 6.07) is 8.83. The van der Waals surface area contributed by atoms with Crippen molar-refractivity contribution in [3.63, 3.8) is 0 Å². The maximum atomic E-state index is 13.0. The average molecular weight is 529 g/mol. The Morgan fingerprint density at radius 3 is 2.64 bits per heavy atom.